The molecule has 0 saturated carbocycles. The number of furan rings is 1. The lowest BCUT2D eigenvalue weighted by Gasteiger charge is -2.15. The number of nitrogens with one attached hydrogen (secondary N) is 1. The summed E-state index contributed by atoms with van der Waals surface area (Å²) in [5.74, 6) is 0. The van der Waals surface area contributed by atoms with E-state index in [0.717, 1.165) is 15.7 Å². The van der Waals surface area contributed by atoms with E-state index in [0.29, 0.717) is 5.02 Å². The molecular weight excluding hydrogens is 289 g/mol. The van der Waals surface area contributed by atoms with Crippen molar-refractivity contribution in [1.82, 2.24) is 0 Å². The lowest BCUT2D eigenvalue weighted by Crippen LogP contribution is -2.05. The van der Waals surface area contributed by atoms with Crippen LogP contribution in [0.1, 0.15) is 18.5 Å². The Morgan fingerprint density at radius 2 is 2.19 bits per heavy atom. The van der Waals surface area contributed by atoms with Crippen molar-refractivity contribution in [1.29, 1.82) is 0 Å². The zero-order chi connectivity index (χ0) is 11.5. The Morgan fingerprint density at radius 1 is 1.38 bits per heavy atom. The van der Waals surface area contributed by atoms with Gasteiger partial charge in [-0.2, -0.15) is 0 Å². The second-order valence-corrected chi connectivity index (χ2v) is 4.72. The van der Waals surface area contributed by atoms with Crippen molar-refractivity contribution in [2.45, 2.75) is 13.0 Å². The van der Waals surface area contributed by atoms with E-state index in [2.05, 4.69) is 28.2 Å². The first kappa shape index (κ1) is 11.6. The summed E-state index contributed by atoms with van der Waals surface area (Å²) in [7, 11) is 0. The molecular formula is C12H11BrClNO. The van der Waals surface area contributed by atoms with Gasteiger partial charge in [-0.1, -0.05) is 17.7 Å². The van der Waals surface area contributed by atoms with Crippen LogP contribution < -0.4 is 5.32 Å². The standard InChI is InChI=1S/C12H11BrClNO/c1-8(9-5-6-16-7-9)15-11-4-2-3-10(14)12(11)13/h2-8,15H,1H3. The topological polar surface area (TPSA) is 25.2 Å². The summed E-state index contributed by atoms with van der Waals surface area (Å²) < 4.78 is 5.93. The predicted octanol–water partition coefficient (Wildman–Crippen LogP) is 4.87. The van der Waals surface area contributed by atoms with Gasteiger partial charge in [0.25, 0.3) is 0 Å². The largest absolute Gasteiger partial charge is 0.472 e. The SMILES string of the molecule is CC(Nc1cccc(Cl)c1Br)c1ccoc1. The molecule has 16 heavy (non-hydrogen) atoms. The highest BCUT2D eigenvalue weighted by Gasteiger charge is 2.09. The van der Waals surface area contributed by atoms with Crippen molar-refractivity contribution >= 4 is 33.2 Å². The van der Waals surface area contributed by atoms with Crippen molar-refractivity contribution in [3.05, 3.63) is 51.9 Å². The first-order valence-electron chi connectivity index (χ1n) is 4.91. The molecule has 0 bridgehead atoms. The lowest BCUT2D eigenvalue weighted by molar-refractivity contribution is 0.562. The van der Waals surface area contributed by atoms with Gasteiger partial charge in [-0.25, -0.2) is 0 Å². The van der Waals surface area contributed by atoms with Gasteiger partial charge in [0.15, 0.2) is 0 Å². The van der Waals surface area contributed by atoms with Crippen LogP contribution in [-0.2, 0) is 0 Å². The molecule has 0 spiro atoms. The Kier molecular flexibility index (Phi) is 3.56. The Morgan fingerprint density at radius 3 is 2.88 bits per heavy atom. The van der Waals surface area contributed by atoms with Crippen molar-refractivity contribution in [3.8, 4) is 0 Å². The van der Waals surface area contributed by atoms with Crippen LogP contribution in [0.15, 0.2) is 45.7 Å². The van der Waals surface area contributed by atoms with Crippen LogP contribution in [0.5, 0.6) is 0 Å². The number of halogens is 2. The monoisotopic (exact) mass is 299 g/mol. The Balaban J connectivity index is 2.18. The van der Waals surface area contributed by atoms with E-state index >= 15 is 0 Å². The fraction of sp³-hybridized carbons (Fsp3) is 0.167. The molecule has 0 aliphatic heterocycles. The summed E-state index contributed by atoms with van der Waals surface area (Å²) in [6.45, 7) is 2.07. The van der Waals surface area contributed by atoms with Crippen LogP contribution in [0.4, 0.5) is 5.69 Å². The van der Waals surface area contributed by atoms with Gasteiger partial charge in [0.05, 0.1) is 33.8 Å². The second kappa shape index (κ2) is 4.93. The molecule has 2 rings (SSSR count). The molecule has 0 saturated heterocycles. The minimum Gasteiger partial charge on any atom is -0.472 e. The molecule has 1 N–H and O–H groups in total. The normalized spacial score (nSPS) is 12.4. The van der Waals surface area contributed by atoms with E-state index in [1.807, 2.05) is 24.3 Å². The third-order valence-electron chi connectivity index (χ3n) is 2.37. The Labute approximate surface area is 108 Å². The van der Waals surface area contributed by atoms with E-state index in [1.54, 1.807) is 12.5 Å². The van der Waals surface area contributed by atoms with Crippen LogP contribution >= 0.6 is 27.5 Å². The van der Waals surface area contributed by atoms with Gasteiger partial charge >= 0.3 is 0 Å². The number of benzene rings is 1. The van der Waals surface area contributed by atoms with E-state index in [-0.39, 0.29) is 6.04 Å². The lowest BCUT2D eigenvalue weighted by atomic mass is 10.1. The Bertz CT molecular complexity index is 470. The molecule has 84 valence electrons. The van der Waals surface area contributed by atoms with Crippen molar-refractivity contribution < 1.29 is 4.42 Å². The van der Waals surface area contributed by atoms with Gasteiger partial charge in [-0.15, -0.1) is 0 Å². The minimum absolute atomic E-state index is 0.175. The fourth-order valence-corrected chi connectivity index (χ4v) is 2.01. The summed E-state index contributed by atoms with van der Waals surface area (Å²) in [6.07, 6.45) is 3.40. The highest BCUT2D eigenvalue weighted by atomic mass is 79.9. The average molecular weight is 301 g/mol. The van der Waals surface area contributed by atoms with E-state index < -0.39 is 0 Å². The number of hydrogen-bond acceptors (Lipinski definition) is 2. The van der Waals surface area contributed by atoms with Crippen LogP contribution in [0.3, 0.4) is 0 Å². The first-order chi connectivity index (χ1) is 7.68. The Hall–Kier alpha value is -0.930. The molecule has 2 aromatic rings. The highest BCUT2D eigenvalue weighted by molar-refractivity contribution is 9.10. The second-order valence-electron chi connectivity index (χ2n) is 3.52. The maximum Gasteiger partial charge on any atom is 0.0955 e. The van der Waals surface area contributed by atoms with Crippen molar-refractivity contribution in [3.63, 3.8) is 0 Å². The average Bonchev–Trinajstić information content (AvgIpc) is 2.78. The van der Waals surface area contributed by atoms with Crippen LogP contribution in [0.2, 0.25) is 5.02 Å². The zero-order valence-corrected chi connectivity index (χ0v) is 11.0. The first-order valence-corrected chi connectivity index (χ1v) is 6.08. The summed E-state index contributed by atoms with van der Waals surface area (Å²) in [6, 6.07) is 7.85. The molecule has 1 atom stereocenters. The van der Waals surface area contributed by atoms with E-state index in [9.17, 15) is 0 Å². The maximum absolute atomic E-state index is 6.02. The van der Waals surface area contributed by atoms with Gasteiger partial charge < -0.3 is 9.73 Å². The van der Waals surface area contributed by atoms with Crippen LogP contribution in [0, 0.1) is 0 Å². The molecule has 1 unspecified atom stereocenters. The number of anilines is 1. The van der Waals surface area contributed by atoms with Gasteiger partial charge in [0, 0.05) is 5.56 Å². The zero-order valence-electron chi connectivity index (χ0n) is 8.71. The van der Waals surface area contributed by atoms with Crippen LogP contribution in [0.25, 0.3) is 0 Å². The van der Waals surface area contributed by atoms with Gasteiger partial charge in [-0.05, 0) is 41.1 Å². The molecule has 4 heteroatoms. The molecule has 1 heterocycles. The smallest absolute Gasteiger partial charge is 0.0955 e. The summed E-state index contributed by atoms with van der Waals surface area (Å²) >= 11 is 9.47. The maximum atomic E-state index is 6.02. The van der Waals surface area contributed by atoms with Crippen molar-refractivity contribution in [2.24, 2.45) is 0 Å². The van der Waals surface area contributed by atoms with Crippen LogP contribution in [-0.4, -0.2) is 0 Å². The predicted molar refractivity (Wildman–Crippen MR) is 69.9 cm³/mol. The molecule has 0 fully saturated rings. The highest BCUT2D eigenvalue weighted by Crippen LogP contribution is 2.32. The fourth-order valence-electron chi connectivity index (χ4n) is 1.45. The molecule has 2 nitrogen and oxygen atoms in total. The molecule has 0 amide bonds. The summed E-state index contributed by atoms with van der Waals surface area (Å²) in [4.78, 5) is 0. The molecule has 0 radical (unpaired) electrons. The van der Waals surface area contributed by atoms with E-state index in [1.165, 1.54) is 0 Å². The molecule has 1 aromatic carbocycles. The quantitative estimate of drug-likeness (QED) is 0.875. The summed E-state index contributed by atoms with van der Waals surface area (Å²) in [5.41, 5.74) is 2.08. The third-order valence-corrected chi connectivity index (χ3v) is 3.76. The number of hydrogen-bond donors (Lipinski definition) is 1. The van der Waals surface area contributed by atoms with Gasteiger partial charge in [-0.3, -0.25) is 0 Å². The minimum atomic E-state index is 0.175. The van der Waals surface area contributed by atoms with Gasteiger partial charge in [0.1, 0.15) is 0 Å². The molecule has 0 aliphatic rings. The molecule has 0 aliphatic carbocycles. The number of rotatable bonds is 3. The van der Waals surface area contributed by atoms with Crippen molar-refractivity contribution in [2.75, 3.05) is 5.32 Å². The van der Waals surface area contributed by atoms with E-state index in [4.69, 9.17) is 16.0 Å². The third kappa shape index (κ3) is 2.42. The van der Waals surface area contributed by atoms with Gasteiger partial charge in [0.2, 0.25) is 0 Å². The summed E-state index contributed by atoms with van der Waals surface area (Å²) in [5, 5.41) is 4.06. The molecule has 1 aromatic heterocycles.